The molecule has 15 heavy (non-hydrogen) atoms. The first-order valence-electron chi connectivity index (χ1n) is 5.35. The third kappa shape index (κ3) is 4.71. The van der Waals surface area contributed by atoms with Crippen molar-refractivity contribution in [3.8, 4) is 0 Å². The van der Waals surface area contributed by atoms with E-state index in [2.05, 4.69) is 10.6 Å². The Bertz CT molecular complexity index is 193. The summed E-state index contributed by atoms with van der Waals surface area (Å²) in [6.45, 7) is 6.00. The third-order valence-electron chi connectivity index (χ3n) is 2.59. The Labute approximate surface area is 98.2 Å². The second-order valence-corrected chi connectivity index (χ2v) is 4.20. The van der Waals surface area contributed by atoms with E-state index < -0.39 is 0 Å². The van der Waals surface area contributed by atoms with Crippen LogP contribution in [0.1, 0.15) is 26.7 Å². The van der Waals surface area contributed by atoms with E-state index in [4.69, 9.17) is 0 Å². The monoisotopic (exact) mass is 235 g/mol. The van der Waals surface area contributed by atoms with E-state index in [0.717, 1.165) is 25.9 Å². The maximum absolute atomic E-state index is 11.6. The number of halogens is 1. The molecule has 0 saturated carbocycles. The van der Waals surface area contributed by atoms with Crippen LogP contribution in [0.15, 0.2) is 0 Å². The van der Waals surface area contributed by atoms with Crippen molar-refractivity contribution in [2.24, 2.45) is 0 Å². The number of hydrogen-bond donors (Lipinski definition) is 2. The average Bonchev–Trinajstić information content (AvgIpc) is 2.17. The molecule has 2 amide bonds. The van der Waals surface area contributed by atoms with Crippen molar-refractivity contribution in [1.29, 1.82) is 0 Å². The van der Waals surface area contributed by atoms with Crippen molar-refractivity contribution >= 4 is 18.4 Å². The number of piperidine rings is 1. The van der Waals surface area contributed by atoms with Crippen molar-refractivity contribution in [1.82, 2.24) is 15.5 Å². The molecular weight excluding hydrogens is 214 g/mol. The number of nitrogens with one attached hydrogen (secondary N) is 2. The summed E-state index contributed by atoms with van der Waals surface area (Å²) >= 11 is 0. The lowest BCUT2D eigenvalue weighted by Crippen LogP contribution is -2.49. The predicted octanol–water partition coefficient (Wildman–Crippen LogP) is 1.21. The normalized spacial score (nSPS) is 17.1. The Morgan fingerprint density at radius 1 is 1.40 bits per heavy atom. The highest BCUT2D eigenvalue weighted by molar-refractivity contribution is 5.85. The van der Waals surface area contributed by atoms with Gasteiger partial charge in [-0.3, -0.25) is 0 Å². The van der Waals surface area contributed by atoms with Gasteiger partial charge in [-0.15, -0.1) is 12.4 Å². The topological polar surface area (TPSA) is 44.4 Å². The van der Waals surface area contributed by atoms with Gasteiger partial charge >= 0.3 is 6.03 Å². The van der Waals surface area contributed by atoms with Gasteiger partial charge in [-0.25, -0.2) is 4.79 Å². The number of urea groups is 1. The molecular formula is C10H22ClN3O. The van der Waals surface area contributed by atoms with Gasteiger partial charge in [0, 0.05) is 19.1 Å². The molecule has 0 radical (unpaired) electrons. The fourth-order valence-corrected chi connectivity index (χ4v) is 1.71. The molecule has 0 aromatic rings. The fraction of sp³-hybridized carbons (Fsp3) is 0.900. The molecule has 2 N–H and O–H groups in total. The van der Waals surface area contributed by atoms with Crippen LogP contribution < -0.4 is 10.6 Å². The van der Waals surface area contributed by atoms with Gasteiger partial charge in [-0.1, -0.05) is 0 Å². The van der Waals surface area contributed by atoms with Crippen LogP contribution in [0.2, 0.25) is 0 Å². The Hall–Kier alpha value is -0.480. The summed E-state index contributed by atoms with van der Waals surface area (Å²) in [5.41, 5.74) is 0. The zero-order valence-corrected chi connectivity index (χ0v) is 10.6. The van der Waals surface area contributed by atoms with Crippen LogP contribution in [-0.4, -0.2) is 43.2 Å². The molecule has 0 unspecified atom stereocenters. The molecule has 1 heterocycles. The summed E-state index contributed by atoms with van der Waals surface area (Å²) in [5.74, 6) is 0. The maximum Gasteiger partial charge on any atom is 0.317 e. The standard InChI is InChI=1S/C10H21N3O.ClH/c1-8(2)12-10(14)13(3)9-4-6-11-7-5-9;/h8-9,11H,4-7H2,1-3H3,(H,12,14);1H. The van der Waals surface area contributed by atoms with Crippen molar-refractivity contribution in [3.05, 3.63) is 0 Å². The summed E-state index contributed by atoms with van der Waals surface area (Å²) in [7, 11) is 1.88. The molecule has 0 bridgehead atoms. The number of amides is 2. The van der Waals surface area contributed by atoms with Crippen molar-refractivity contribution in [3.63, 3.8) is 0 Å². The minimum Gasteiger partial charge on any atom is -0.336 e. The lowest BCUT2D eigenvalue weighted by atomic mass is 10.1. The van der Waals surface area contributed by atoms with E-state index >= 15 is 0 Å². The first kappa shape index (κ1) is 14.5. The molecule has 1 aliphatic heterocycles. The second kappa shape index (κ2) is 6.90. The van der Waals surface area contributed by atoms with Crippen molar-refractivity contribution < 1.29 is 4.79 Å². The van der Waals surface area contributed by atoms with Crippen LogP contribution in [0, 0.1) is 0 Å². The maximum atomic E-state index is 11.6. The van der Waals surface area contributed by atoms with Crippen LogP contribution in [0.5, 0.6) is 0 Å². The minimum absolute atomic E-state index is 0. The van der Waals surface area contributed by atoms with Gasteiger partial charge < -0.3 is 15.5 Å². The Morgan fingerprint density at radius 3 is 2.40 bits per heavy atom. The molecule has 0 aromatic carbocycles. The molecule has 1 aliphatic rings. The minimum atomic E-state index is 0. The Balaban J connectivity index is 0.00000196. The Kier molecular flexibility index (Phi) is 6.68. The Morgan fingerprint density at radius 2 is 1.93 bits per heavy atom. The van der Waals surface area contributed by atoms with Crippen LogP contribution >= 0.6 is 12.4 Å². The highest BCUT2D eigenvalue weighted by Gasteiger charge is 2.21. The first-order chi connectivity index (χ1) is 6.61. The van der Waals surface area contributed by atoms with Gasteiger partial charge in [-0.2, -0.15) is 0 Å². The summed E-state index contributed by atoms with van der Waals surface area (Å²) < 4.78 is 0. The van der Waals surface area contributed by atoms with Crippen molar-refractivity contribution in [2.45, 2.75) is 38.8 Å². The number of carbonyl (C=O) groups excluding carboxylic acids is 1. The van der Waals surface area contributed by atoms with E-state index in [9.17, 15) is 4.79 Å². The van der Waals surface area contributed by atoms with Crippen molar-refractivity contribution in [2.75, 3.05) is 20.1 Å². The lowest BCUT2D eigenvalue weighted by molar-refractivity contribution is 0.174. The van der Waals surface area contributed by atoms with Crippen LogP contribution in [-0.2, 0) is 0 Å². The highest BCUT2D eigenvalue weighted by Crippen LogP contribution is 2.09. The zero-order chi connectivity index (χ0) is 10.6. The van der Waals surface area contributed by atoms with E-state index in [1.807, 2.05) is 25.8 Å². The molecule has 1 saturated heterocycles. The number of carbonyl (C=O) groups is 1. The van der Waals surface area contributed by atoms with Gasteiger partial charge in [0.2, 0.25) is 0 Å². The van der Waals surface area contributed by atoms with Crippen LogP contribution in [0.3, 0.4) is 0 Å². The average molecular weight is 236 g/mol. The number of hydrogen-bond acceptors (Lipinski definition) is 2. The van der Waals surface area contributed by atoms with E-state index in [1.165, 1.54) is 0 Å². The smallest absolute Gasteiger partial charge is 0.317 e. The quantitative estimate of drug-likeness (QED) is 0.756. The van der Waals surface area contributed by atoms with E-state index in [-0.39, 0.29) is 24.5 Å². The summed E-state index contributed by atoms with van der Waals surface area (Å²) in [5, 5.41) is 6.20. The molecule has 1 rings (SSSR count). The van der Waals surface area contributed by atoms with Crippen LogP contribution in [0.25, 0.3) is 0 Å². The largest absolute Gasteiger partial charge is 0.336 e. The summed E-state index contributed by atoms with van der Waals surface area (Å²) in [6, 6.07) is 0.661. The summed E-state index contributed by atoms with van der Waals surface area (Å²) in [4.78, 5) is 13.5. The fourth-order valence-electron chi connectivity index (χ4n) is 1.71. The highest BCUT2D eigenvalue weighted by atomic mass is 35.5. The van der Waals surface area contributed by atoms with Gasteiger partial charge in [0.15, 0.2) is 0 Å². The molecule has 0 atom stereocenters. The molecule has 0 aromatic heterocycles. The number of nitrogens with zero attached hydrogens (tertiary/aromatic N) is 1. The third-order valence-corrected chi connectivity index (χ3v) is 2.59. The van der Waals surface area contributed by atoms with Gasteiger partial charge in [0.1, 0.15) is 0 Å². The van der Waals surface area contributed by atoms with E-state index in [1.54, 1.807) is 0 Å². The molecule has 90 valence electrons. The molecule has 0 aliphatic carbocycles. The van der Waals surface area contributed by atoms with Crippen LogP contribution in [0.4, 0.5) is 4.79 Å². The predicted molar refractivity (Wildman–Crippen MR) is 64.6 cm³/mol. The zero-order valence-electron chi connectivity index (χ0n) is 9.75. The van der Waals surface area contributed by atoms with Gasteiger partial charge in [-0.05, 0) is 39.8 Å². The first-order valence-corrected chi connectivity index (χ1v) is 5.35. The van der Waals surface area contributed by atoms with E-state index in [0.29, 0.717) is 6.04 Å². The second-order valence-electron chi connectivity index (χ2n) is 4.20. The molecule has 4 nitrogen and oxygen atoms in total. The molecule has 1 fully saturated rings. The molecule has 5 heteroatoms. The number of rotatable bonds is 2. The van der Waals surface area contributed by atoms with Gasteiger partial charge in [0.25, 0.3) is 0 Å². The summed E-state index contributed by atoms with van der Waals surface area (Å²) in [6.07, 6.45) is 2.12. The SMILES string of the molecule is CC(C)NC(=O)N(C)C1CCNCC1.Cl. The lowest BCUT2D eigenvalue weighted by Gasteiger charge is -2.32. The molecule has 0 spiro atoms. The van der Waals surface area contributed by atoms with Gasteiger partial charge in [0.05, 0.1) is 0 Å².